The Morgan fingerprint density at radius 3 is 2.62 bits per heavy atom. The summed E-state index contributed by atoms with van der Waals surface area (Å²) in [5, 5.41) is 3.24. The molecule has 2 aromatic heterocycles. The van der Waals surface area contributed by atoms with Crippen molar-refractivity contribution in [1.29, 1.82) is 0 Å². The maximum absolute atomic E-state index is 11.6. The molecule has 0 unspecified atom stereocenters. The number of thiophene rings is 1. The number of fused-ring (bicyclic) bond motifs is 3. The lowest BCUT2D eigenvalue weighted by Crippen LogP contribution is -2.21. The summed E-state index contributed by atoms with van der Waals surface area (Å²) in [4.78, 5) is 22.9. The van der Waals surface area contributed by atoms with Crippen LogP contribution < -0.4 is 21.5 Å². The average Bonchev–Trinajstić information content (AvgIpc) is 3.22. The largest absolute Gasteiger partial charge is 0.494 e. The summed E-state index contributed by atoms with van der Waals surface area (Å²) < 4.78 is 13.0. The first-order valence-electron chi connectivity index (χ1n) is 9.05. The van der Waals surface area contributed by atoms with E-state index >= 15 is 0 Å². The van der Waals surface area contributed by atoms with Gasteiger partial charge in [-0.1, -0.05) is 30.3 Å². The van der Waals surface area contributed by atoms with Crippen LogP contribution in [0.2, 0.25) is 0 Å². The van der Waals surface area contributed by atoms with Crippen LogP contribution in [0.25, 0.3) is 20.4 Å². The number of nitrogens with two attached hydrogens (primary N) is 2. The third kappa shape index (κ3) is 3.88. The Balaban J connectivity index is 1.54. The molecule has 0 aliphatic carbocycles. The fourth-order valence-corrected chi connectivity index (χ4v) is 4.34. The maximum Gasteiger partial charge on any atom is 0.316 e. The number of aryl methyl sites for hydroxylation is 1. The fourth-order valence-electron chi connectivity index (χ4n) is 3.19. The lowest BCUT2D eigenvalue weighted by molar-refractivity contribution is 0.0977. The zero-order valence-electron chi connectivity index (χ0n) is 15.4. The van der Waals surface area contributed by atoms with E-state index in [1.165, 1.54) is 16.9 Å². The Morgan fingerprint density at radius 2 is 1.90 bits per heavy atom. The molecule has 2 aromatic carbocycles. The van der Waals surface area contributed by atoms with Crippen molar-refractivity contribution in [3.8, 4) is 5.75 Å². The van der Waals surface area contributed by atoms with Gasteiger partial charge in [-0.3, -0.25) is 4.79 Å². The summed E-state index contributed by atoms with van der Waals surface area (Å²) in [5.41, 5.74) is 12.5. The van der Waals surface area contributed by atoms with Gasteiger partial charge in [0.05, 0.1) is 11.3 Å². The Kier molecular flexibility index (Phi) is 5.09. The number of rotatable bonds is 7. The van der Waals surface area contributed by atoms with Gasteiger partial charge in [0.15, 0.2) is 5.58 Å². The standard InChI is InChI=1S/C21H19N3O4S/c22-20(25)18-16(24-21(23)26)19-17(28-18)14-9-8-13(11-15(14)29-19)27-10-4-7-12-5-2-1-3-6-12/h1-3,5-6,8-9,11H,4,7,10H2,(H2,22,25)(H3,23,24,26). The minimum absolute atomic E-state index is 0.117. The first-order valence-corrected chi connectivity index (χ1v) is 9.86. The summed E-state index contributed by atoms with van der Waals surface area (Å²) in [5.74, 6) is -0.147. The first-order chi connectivity index (χ1) is 14.0. The molecule has 0 atom stereocenters. The number of carbonyl (C=O) groups is 2. The molecule has 29 heavy (non-hydrogen) atoms. The third-order valence-corrected chi connectivity index (χ3v) is 5.62. The molecular formula is C21H19N3O4S. The van der Waals surface area contributed by atoms with E-state index in [2.05, 4.69) is 17.4 Å². The van der Waals surface area contributed by atoms with E-state index in [0.29, 0.717) is 16.9 Å². The van der Waals surface area contributed by atoms with E-state index in [1.807, 2.05) is 36.4 Å². The average molecular weight is 409 g/mol. The van der Waals surface area contributed by atoms with Gasteiger partial charge in [0, 0.05) is 10.1 Å². The van der Waals surface area contributed by atoms with Crippen molar-refractivity contribution < 1.29 is 18.7 Å². The zero-order valence-corrected chi connectivity index (χ0v) is 16.3. The maximum atomic E-state index is 11.6. The van der Waals surface area contributed by atoms with Crippen LogP contribution in [-0.2, 0) is 6.42 Å². The molecule has 2 heterocycles. The van der Waals surface area contributed by atoms with Crippen LogP contribution in [0.3, 0.4) is 0 Å². The fraction of sp³-hybridized carbons (Fsp3) is 0.143. The van der Waals surface area contributed by atoms with E-state index < -0.39 is 11.9 Å². The monoisotopic (exact) mass is 409 g/mol. The van der Waals surface area contributed by atoms with Crippen LogP contribution in [-0.4, -0.2) is 18.5 Å². The Hall–Kier alpha value is -3.52. The zero-order chi connectivity index (χ0) is 20.4. The number of anilines is 1. The molecule has 0 spiro atoms. The van der Waals surface area contributed by atoms with Gasteiger partial charge in [0.2, 0.25) is 5.76 Å². The molecule has 0 saturated heterocycles. The predicted octanol–water partition coefficient (Wildman–Crippen LogP) is 4.25. The van der Waals surface area contributed by atoms with Gasteiger partial charge in [-0.15, -0.1) is 11.3 Å². The second-order valence-corrected chi connectivity index (χ2v) is 7.57. The van der Waals surface area contributed by atoms with E-state index in [4.69, 9.17) is 20.6 Å². The highest BCUT2D eigenvalue weighted by Crippen LogP contribution is 2.43. The van der Waals surface area contributed by atoms with Gasteiger partial charge >= 0.3 is 6.03 Å². The Morgan fingerprint density at radius 1 is 1.10 bits per heavy atom. The molecule has 148 valence electrons. The SMILES string of the molecule is NC(=O)Nc1c(C(N)=O)oc2c1sc1cc(OCCCc3ccccc3)ccc12. The van der Waals surface area contributed by atoms with Crippen molar-refractivity contribution in [2.45, 2.75) is 12.8 Å². The number of amides is 3. The van der Waals surface area contributed by atoms with Gasteiger partial charge < -0.3 is 25.9 Å². The molecule has 0 aliphatic rings. The Bertz CT molecular complexity index is 1200. The predicted molar refractivity (Wildman–Crippen MR) is 114 cm³/mol. The highest BCUT2D eigenvalue weighted by atomic mass is 32.1. The molecular weight excluding hydrogens is 390 g/mol. The molecule has 0 aliphatic heterocycles. The lowest BCUT2D eigenvalue weighted by Gasteiger charge is -2.06. The number of benzene rings is 2. The molecule has 0 radical (unpaired) electrons. The van der Waals surface area contributed by atoms with Crippen molar-refractivity contribution in [1.82, 2.24) is 0 Å². The topological polar surface area (TPSA) is 121 Å². The van der Waals surface area contributed by atoms with Gasteiger partial charge in [-0.05, 0) is 36.6 Å². The molecule has 3 amide bonds. The molecule has 5 N–H and O–H groups in total. The number of primary amides is 2. The van der Waals surface area contributed by atoms with Gasteiger partial charge in [0.25, 0.3) is 5.91 Å². The summed E-state index contributed by atoms with van der Waals surface area (Å²) in [6.45, 7) is 0.599. The van der Waals surface area contributed by atoms with Crippen molar-refractivity contribution in [3.05, 3.63) is 59.9 Å². The molecule has 4 rings (SSSR count). The number of nitrogens with one attached hydrogen (secondary N) is 1. The van der Waals surface area contributed by atoms with Gasteiger partial charge in [-0.2, -0.15) is 0 Å². The highest BCUT2D eigenvalue weighted by Gasteiger charge is 2.23. The van der Waals surface area contributed by atoms with Crippen LogP contribution in [0.15, 0.2) is 52.9 Å². The highest BCUT2D eigenvalue weighted by molar-refractivity contribution is 7.26. The quantitative estimate of drug-likeness (QED) is 0.395. The molecule has 8 heteroatoms. The normalized spacial score (nSPS) is 11.0. The van der Waals surface area contributed by atoms with Gasteiger partial charge in [0.1, 0.15) is 11.4 Å². The number of furan rings is 1. The molecule has 0 bridgehead atoms. The van der Waals surface area contributed by atoms with Crippen molar-refractivity contribution in [3.63, 3.8) is 0 Å². The number of hydrogen-bond acceptors (Lipinski definition) is 5. The van der Waals surface area contributed by atoms with Crippen LogP contribution >= 0.6 is 11.3 Å². The van der Waals surface area contributed by atoms with E-state index in [9.17, 15) is 9.59 Å². The van der Waals surface area contributed by atoms with Crippen LogP contribution in [0.1, 0.15) is 22.5 Å². The summed E-state index contributed by atoms with van der Waals surface area (Å²) in [6.07, 6.45) is 1.86. The minimum atomic E-state index is -0.796. The Labute approximate surface area is 170 Å². The van der Waals surface area contributed by atoms with E-state index in [1.54, 1.807) is 0 Å². The molecule has 4 aromatic rings. The first kappa shape index (κ1) is 18.8. The van der Waals surface area contributed by atoms with Gasteiger partial charge in [-0.25, -0.2) is 4.79 Å². The third-order valence-electron chi connectivity index (χ3n) is 4.47. The number of carbonyl (C=O) groups excluding carboxylic acids is 2. The minimum Gasteiger partial charge on any atom is -0.494 e. The van der Waals surface area contributed by atoms with Crippen molar-refractivity contribution in [2.24, 2.45) is 11.5 Å². The molecule has 7 nitrogen and oxygen atoms in total. The second kappa shape index (κ2) is 7.84. The smallest absolute Gasteiger partial charge is 0.316 e. The summed E-state index contributed by atoms with van der Waals surface area (Å²) in [6, 6.07) is 15.1. The second-order valence-electron chi connectivity index (χ2n) is 6.52. The van der Waals surface area contributed by atoms with Crippen molar-refractivity contribution >= 4 is 49.3 Å². The lowest BCUT2D eigenvalue weighted by atomic mass is 10.1. The molecule has 0 saturated carbocycles. The van der Waals surface area contributed by atoms with Crippen LogP contribution in [0, 0.1) is 0 Å². The molecule has 0 fully saturated rings. The van der Waals surface area contributed by atoms with Crippen LogP contribution in [0.4, 0.5) is 10.5 Å². The van der Waals surface area contributed by atoms with E-state index in [-0.39, 0.29) is 11.4 Å². The summed E-state index contributed by atoms with van der Waals surface area (Å²) >= 11 is 1.37. The van der Waals surface area contributed by atoms with Crippen molar-refractivity contribution in [2.75, 3.05) is 11.9 Å². The number of ether oxygens (including phenoxy) is 1. The van der Waals surface area contributed by atoms with E-state index in [0.717, 1.165) is 28.7 Å². The summed E-state index contributed by atoms with van der Waals surface area (Å²) in [7, 11) is 0. The van der Waals surface area contributed by atoms with Crippen LogP contribution in [0.5, 0.6) is 5.75 Å². The number of hydrogen-bond donors (Lipinski definition) is 3. The number of urea groups is 1.